The molecule has 2 fully saturated rings. The number of nitrogens with zero attached hydrogens (tertiary/aromatic N) is 3. The normalized spacial score (nSPS) is 19.0. The fourth-order valence-corrected chi connectivity index (χ4v) is 4.72. The third kappa shape index (κ3) is 5.09. The third-order valence-electron chi connectivity index (χ3n) is 6.92. The Balaban J connectivity index is 1.34. The van der Waals surface area contributed by atoms with Gasteiger partial charge in [0.05, 0.1) is 32.3 Å². The number of carbonyl (C=O) groups excluding carboxylic acids is 1. The molecule has 178 valence electrons. The van der Waals surface area contributed by atoms with E-state index in [2.05, 4.69) is 56.2 Å². The van der Waals surface area contributed by atoms with Gasteiger partial charge in [0.2, 0.25) is 0 Å². The van der Waals surface area contributed by atoms with Gasteiger partial charge in [0.25, 0.3) is 0 Å². The van der Waals surface area contributed by atoms with E-state index in [9.17, 15) is 4.79 Å². The summed E-state index contributed by atoms with van der Waals surface area (Å²) in [6.45, 7) is 2.87. The molecule has 5 rings (SSSR count). The number of nitrogens with one attached hydrogen (secondary N) is 1. The molecular weight excluding hydrogens is 428 g/mol. The summed E-state index contributed by atoms with van der Waals surface area (Å²) in [7, 11) is 1.69. The summed E-state index contributed by atoms with van der Waals surface area (Å²) in [6, 6.07) is 16.9. The fourth-order valence-electron chi connectivity index (χ4n) is 4.72. The van der Waals surface area contributed by atoms with Crippen molar-refractivity contribution in [3.63, 3.8) is 0 Å². The molecule has 7 heteroatoms. The molecule has 0 unspecified atom stereocenters. The van der Waals surface area contributed by atoms with E-state index in [1.54, 1.807) is 19.6 Å². The minimum Gasteiger partial charge on any atom is -0.493 e. The van der Waals surface area contributed by atoms with E-state index >= 15 is 0 Å². The van der Waals surface area contributed by atoms with Crippen LogP contribution in [0.25, 0.3) is 0 Å². The Kier molecular flexibility index (Phi) is 6.81. The molecule has 34 heavy (non-hydrogen) atoms. The van der Waals surface area contributed by atoms with Gasteiger partial charge in [0.1, 0.15) is 5.69 Å². The quantitative estimate of drug-likeness (QED) is 0.488. The van der Waals surface area contributed by atoms with Crippen LogP contribution < -0.4 is 14.4 Å². The standard InChI is InChI=1S/C27H32N4O3/c1-33-26-11-10-21(15-27(26)34-23-8-5-9-23)30-12-13-31(18-25(32)24-16-28-19-29-24)22(17-30)14-20-6-3-2-4-7-20/h2-4,6-7,10-11,15-16,19,22-23H,5,8-9,12-14,17-18H2,1H3,(H,28,29)/t22-/m0/s1. The molecule has 1 aromatic heterocycles. The molecule has 0 spiro atoms. The molecule has 3 aromatic rings. The second kappa shape index (κ2) is 10.3. The van der Waals surface area contributed by atoms with Crippen molar-refractivity contribution in [1.82, 2.24) is 14.9 Å². The predicted molar refractivity (Wildman–Crippen MR) is 132 cm³/mol. The van der Waals surface area contributed by atoms with Crippen LogP contribution in [0.2, 0.25) is 0 Å². The molecule has 1 atom stereocenters. The number of imidazole rings is 1. The minimum absolute atomic E-state index is 0.0737. The first-order valence-electron chi connectivity index (χ1n) is 12.1. The predicted octanol–water partition coefficient (Wildman–Crippen LogP) is 3.97. The zero-order valence-corrected chi connectivity index (χ0v) is 19.7. The Morgan fingerprint density at radius 1 is 1.12 bits per heavy atom. The van der Waals surface area contributed by atoms with Gasteiger partial charge >= 0.3 is 0 Å². The number of ether oxygens (including phenoxy) is 2. The van der Waals surface area contributed by atoms with Gasteiger partial charge in [-0.1, -0.05) is 30.3 Å². The number of aromatic nitrogens is 2. The lowest BCUT2D eigenvalue weighted by atomic mass is 9.96. The fraction of sp³-hybridized carbons (Fsp3) is 0.407. The third-order valence-corrected chi connectivity index (χ3v) is 6.92. The lowest BCUT2D eigenvalue weighted by molar-refractivity contribution is 0.0871. The van der Waals surface area contributed by atoms with Gasteiger partial charge in [-0.2, -0.15) is 0 Å². The van der Waals surface area contributed by atoms with Crippen molar-refractivity contribution in [3.05, 3.63) is 72.3 Å². The van der Waals surface area contributed by atoms with E-state index < -0.39 is 0 Å². The molecule has 2 aromatic carbocycles. The first-order valence-corrected chi connectivity index (χ1v) is 12.1. The van der Waals surface area contributed by atoms with Crippen LogP contribution in [-0.4, -0.2) is 66.1 Å². The van der Waals surface area contributed by atoms with Crippen LogP contribution in [0.1, 0.15) is 35.3 Å². The van der Waals surface area contributed by atoms with Crippen LogP contribution in [0.5, 0.6) is 11.5 Å². The monoisotopic (exact) mass is 460 g/mol. The maximum atomic E-state index is 12.8. The number of carbonyl (C=O) groups is 1. The van der Waals surface area contributed by atoms with Crippen molar-refractivity contribution in [2.45, 2.75) is 37.8 Å². The topological polar surface area (TPSA) is 70.7 Å². The van der Waals surface area contributed by atoms with Gasteiger partial charge in [-0.15, -0.1) is 0 Å². The van der Waals surface area contributed by atoms with Crippen LogP contribution >= 0.6 is 0 Å². The smallest absolute Gasteiger partial charge is 0.194 e. The van der Waals surface area contributed by atoms with Gasteiger partial charge in [-0.05, 0) is 43.4 Å². The first kappa shape index (κ1) is 22.5. The van der Waals surface area contributed by atoms with Gasteiger partial charge < -0.3 is 19.4 Å². The van der Waals surface area contributed by atoms with Crippen molar-refractivity contribution in [3.8, 4) is 11.5 Å². The van der Waals surface area contributed by atoms with Crippen LogP contribution in [0, 0.1) is 0 Å². The molecule has 2 heterocycles. The van der Waals surface area contributed by atoms with Gasteiger partial charge in [-0.25, -0.2) is 4.98 Å². The van der Waals surface area contributed by atoms with E-state index in [0.29, 0.717) is 18.3 Å². The summed E-state index contributed by atoms with van der Waals surface area (Å²) in [5.41, 5.74) is 2.97. The van der Waals surface area contributed by atoms with Crippen LogP contribution in [-0.2, 0) is 6.42 Å². The number of hydrogen-bond acceptors (Lipinski definition) is 6. The Morgan fingerprint density at radius 3 is 2.68 bits per heavy atom. The van der Waals surface area contributed by atoms with Gasteiger partial charge in [-0.3, -0.25) is 9.69 Å². The van der Waals surface area contributed by atoms with Crippen molar-refractivity contribution in [2.75, 3.05) is 38.2 Å². The second-order valence-electron chi connectivity index (χ2n) is 9.15. The lowest BCUT2D eigenvalue weighted by Crippen LogP contribution is -2.55. The molecule has 1 aliphatic carbocycles. The number of hydrogen-bond donors (Lipinski definition) is 1. The zero-order valence-electron chi connectivity index (χ0n) is 19.7. The number of benzene rings is 2. The van der Waals surface area contributed by atoms with Gasteiger partial charge in [0, 0.05) is 37.4 Å². The summed E-state index contributed by atoms with van der Waals surface area (Å²) in [5, 5.41) is 0. The first-order chi connectivity index (χ1) is 16.7. The van der Waals surface area contributed by atoms with E-state index in [4.69, 9.17) is 9.47 Å². The van der Waals surface area contributed by atoms with E-state index in [-0.39, 0.29) is 11.8 Å². The molecular formula is C27H32N4O3. The summed E-state index contributed by atoms with van der Waals surface area (Å²) >= 11 is 0. The number of anilines is 1. The maximum absolute atomic E-state index is 12.8. The van der Waals surface area contributed by atoms with Gasteiger partial charge in [0.15, 0.2) is 17.3 Å². The highest BCUT2D eigenvalue weighted by molar-refractivity contribution is 5.95. The highest BCUT2D eigenvalue weighted by Gasteiger charge is 2.30. The van der Waals surface area contributed by atoms with Crippen molar-refractivity contribution < 1.29 is 14.3 Å². The summed E-state index contributed by atoms with van der Waals surface area (Å²) < 4.78 is 11.8. The lowest BCUT2D eigenvalue weighted by Gasteiger charge is -2.42. The maximum Gasteiger partial charge on any atom is 0.194 e. The number of aromatic amines is 1. The Hall–Kier alpha value is -3.32. The summed E-state index contributed by atoms with van der Waals surface area (Å²) in [6.07, 6.45) is 7.78. The molecule has 0 bridgehead atoms. The second-order valence-corrected chi connectivity index (χ2v) is 9.15. The molecule has 1 N–H and O–H groups in total. The van der Waals surface area contributed by atoms with Crippen LogP contribution in [0.4, 0.5) is 5.69 Å². The number of Topliss-reactive ketones (excluding diaryl/α,β-unsaturated/α-hetero) is 1. The van der Waals surface area contributed by atoms with Crippen molar-refractivity contribution >= 4 is 11.5 Å². The molecule has 7 nitrogen and oxygen atoms in total. The molecule has 0 radical (unpaired) electrons. The average Bonchev–Trinajstić information content (AvgIpc) is 3.38. The molecule has 1 saturated carbocycles. The summed E-state index contributed by atoms with van der Waals surface area (Å²) in [4.78, 5) is 24.5. The highest BCUT2D eigenvalue weighted by Crippen LogP contribution is 2.36. The summed E-state index contributed by atoms with van der Waals surface area (Å²) in [5.74, 6) is 1.67. The van der Waals surface area contributed by atoms with E-state index in [0.717, 1.165) is 56.1 Å². The largest absolute Gasteiger partial charge is 0.493 e. The molecule has 1 saturated heterocycles. The van der Waals surface area contributed by atoms with Crippen molar-refractivity contribution in [2.24, 2.45) is 0 Å². The number of H-pyrrole nitrogens is 1. The van der Waals surface area contributed by atoms with E-state index in [1.807, 2.05) is 12.1 Å². The van der Waals surface area contributed by atoms with Crippen LogP contribution in [0.15, 0.2) is 61.1 Å². The Morgan fingerprint density at radius 2 is 1.97 bits per heavy atom. The van der Waals surface area contributed by atoms with E-state index in [1.165, 1.54) is 12.0 Å². The minimum atomic E-state index is 0.0737. The average molecular weight is 461 g/mol. The van der Waals surface area contributed by atoms with Crippen molar-refractivity contribution in [1.29, 1.82) is 0 Å². The Bertz CT molecular complexity index is 1080. The Labute approximate surface area is 200 Å². The number of piperazine rings is 1. The number of ketones is 1. The zero-order chi connectivity index (χ0) is 23.3. The number of methoxy groups -OCH3 is 1. The SMILES string of the molecule is COc1ccc(N2CCN(CC(=O)c3cnc[nH]3)[C@@H](Cc3ccccc3)C2)cc1OC1CCC1. The van der Waals surface area contributed by atoms with Crippen LogP contribution in [0.3, 0.4) is 0 Å². The molecule has 0 amide bonds. The molecule has 1 aliphatic heterocycles. The number of rotatable bonds is 9. The molecule has 2 aliphatic rings. The highest BCUT2D eigenvalue weighted by atomic mass is 16.5.